The van der Waals surface area contributed by atoms with E-state index in [0.29, 0.717) is 5.88 Å². The third-order valence-corrected chi connectivity index (χ3v) is 3.69. The van der Waals surface area contributed by atoms with E-state index in [1.54, 1.807) is 0 Å². The molecule has 0 saturated heterocycles. The van der Waals surface area contributed by atoms with Crippen LogP contribution in [0, 0.1) is 0 Å². The van der Waals surface area contributed by atoms with Gasteiger partial charge in [-0.05, 0) is 25.8 Å². The van der Waals surface area contributed by atoms with Crippen molar-refractivity contribution < 1.29 is 0 Å². The van der Waals surface area contributed by atoms with Crippen molar-refractivity contribution >= 4 is 11.6 Å². The lowest BCUT2D eigenvalue weighted by Crippen LogP contribution is -2.25. The molecule has 0 aliphatic rings. The third-order valence-electron chi connectivity index (χ3n) is 3.45. The molecular formula is C15H20ClN3. The highest BCUT2D eigenvalue weighted by Gasteiger charge is 2.29. The maximum atomic E-state index is 5.95. The molecule has 0 fully saturated rings. The molecule has 0 atom stereocenters. The summed E-state index contributed by atoms with van der Waals surface area (Å²) < 4.78 is 2.15. The molecule has 0 saturated carbocycles. The molecule has 19 heavy (non-hydrogen) atoms. The van der Waals surface area contributed by atoms with Crippen molar-refractivity contribution in [2.24, 2.45) is 0 Å². The van der Waals surface area contributed by atoms with E-state index in [1.807, 2.05) is 6.07 Å². The molecule has 0 bridgehead atoms. The fourth-order valence-corrected chi connectivity index (χ4v) is 2.54. The second-order valence-electron chi connectivity index (χ2n) is 5.22. The number of hydrogen-bond donors (Lipinski definition) is 0. The van der Waals surface area contributed by atoms with E-state index in [1.165, 1.54) is 5.56 Å². The van der Waals surface area contributed by atoms with Gasteiger partial charge in [0.05, 0.1) is 5.88 Å². The predicted octanol–water partition coefficient (Wildman–Crippen LogP) is 3.75. The van der Waals surface area contributed by atoms with Crippen LogP contribution < -0.4 is 0 Å². The second-order valence-corrected chi connectivity index (χ2v) is 5.48. The summed E-state index contributed by atoms with van der Waals surface area (Å²) in [4.78, 5) is 0. The molecule has 0 radical (unpaired) electrons. The second kappa shape index (κ2) is 5.74. The molecule has 102 valence electrons. The van der Waals surface area contributed by atoms with Crippen molar-refractivity contribution in [3.05, 3.63) is 47.5 Å². The summed E-state index contributed by atoms with van der Waals surface area (Å²) in [6, 6.07) is 10.4. The molecule has 0 unspecified atom stereocenters. The van der Waals surface area contributed by atoms with Gasteiger partial charge in [-0.3, -0.25) is 0 Å². The first kappa shape index (κ1) is 14.1. The molecule has 1 heterocycles. The van der Waals surface area contributed by atoms with Crippen molar-refractivity contribution in [2.75, 3.05) is 0 Å². The number of alkyl halides is 1. The van der Waals surface area contributed by atoms with E-state index in [-0.39, 0.29) is 5.41 Å². The minimum Gasteiger partial charge on any atom is -0.313 e. The average Bonchev–Trinajstić information content (AvgIpc) is 2.84. The molecule has 0 N–H and O–H groups in total. The van der Waals surface area contributed by atoms with Gasteiger partial charge in [-0.2, -0.15) is 0 Å². The SMILES string of the molecule is CCCn1c(CCl)nnc1C(C)(C)c1ccccc1. The van der Waals surface area contributed by atoms with E-state index >= 15 is 0 Å². The zero-order valence-electron chi connectivity index (χ0n) is 11.7. The van der Waals surface area contributed by atoms with Gasteiger partial charge in [-0.1, -0.05) is 37.3 Å². The molecule has 1 aromatic carbocycles. The monoisotopic (exact) mass is 277 g/mol. The average molecular weight is 278 g/mol. The zero-order valence-corrected chi connectivity index (χ0v) is 12.5. The Balaban J connectivity index is 2.48. The number of benzene rings is 1. The maximum absolute atomic E-state index is 5.95. The van der Waals surface area contributed by atoms with Gasteiger partial charge in [0.25, 0.3) is 0 Å². The van der Waals surface area contributed by atoms with Gasteiger partial charge in [0.2, 0.25) is 0 Å². The summed E-state index contributed by atoms with van der Waals surface area (Å²) in [6.07, 6.45) is 1.04. The van der Waals surface area contributed by atoms with Crippen LogP contribution in [0.15, 0.2) is 30.3 Å². The summed E-state index contributed by atoms with van der Waals surface area (Å²) >= 11 is 5.95. The number of halogens is 1. The number of aromatic nitrogens is 3. The molecule has 4 heteroatoms. The van der Waals surface area contributed by atoms with Gasteiger partial charge in [-0.15, -0.1) is 21.8 Å². The van der Waals surface area contributed by atoms with Gasteiger partial charge in [-0.25, -0.2) is 0 Å². The first-order valence-electron chi connectivity index (χ1n) is 6.65. The molecule has 3 nitrogen and oxygen atoms in total. The minimum absolute atomic E-state index is 0.173. The summed E-state index contributed by atoms with van der Waals surface area (Å²) in [5.74, 6) is 2.23. The van der Waals surface area contributed by atoms with Gasteiger partial charge >= 0.3 is 0 Å². The fraction of sp³-hybridized carbons (Fsp3) is 0.467. The quantitative estimate of drug-likeness (QED) is 0.779. The molecular weight excluding hydrogens is 258 g/mol. The standard InChI is InChI=1S/C15H20ClN3/c1-4-10-19-13(11-16)17-18-14(19)15(2,3)12-8-6-5-7-9-12/h5-9H,4,10-11H2,1-3H3. The molecule has 2 rings (SSSR count). The van der Waals surface area contributed by atoms with Crippen molar-refractivity contribution in [1.82, 2.24) is 14.8 Å². The summed E-state index contributed by atoms with van der Waals surface area (Å²) in [5, 5.41) is 8.61. The van der Waals surface area contributed by atoms with Crippen LogP contribution >= 0.6 is 11.6 Å². The van der Waals surface area contributed by atoms with Gasteiger partial charge < -0.3 is 4.57 Å². The Morgan fingerprint density at radius 3 is 2.42 bits per heavy atom. The largest absolute Gasteiger partial charge is 0.313 e. The normalized spacial score (nSPS) is 11.8. The van der Waals surface area contributed by atoms with Crippen molar-refractivity contribution in [1.29, 1.82) is 0 Å². The van der Waals surface area contributed by atoms with E-state index in [4.69, 9.17) is 11.6 Å². The number of hydrogen-bond acceptors (Lipinski definition) is 2. The molecule has 0 amide bonds. The highest BCUT2D eigenvalue weighted by molar-refractivity contribution is 6.16. The fourth-order valence-electron chi connectivity index (χ4n) is 2.34. The van der Waals surface area contributed by atoms with Crippen LogP contribution in [0.25, 0.3) is 0 Å². The molecule has 0 spiro atoms. The molecule has 1 aromatic heterocycles. The lowest BCUT2D eigenvalue weighted by atomic mass is 9.83. The third kappa shape index (κ3) is 2.66. The smallest absolute Gasteiger partial charge is 0.147 e. The highest BCUT2D eigenvalue weighted by atomic mass is 35.5. The summed E-state index contributed by atoms with van der Waals surface area (Å²) in [7, 11) is 0. The van der Waals surface area contributed by atoms with Crippen LogP contribution in [0.5, 0.6) is 0 Å². The first-order valence-corrected chi connectivity index (χ1v) is 7.18. The molecule has 2 aromatic rings. The van der Waals surface area contributed by atoms with E-state index in [0.717, 1.165) is 24.6 Å². The zero-order chi connectivity index (χ0) is 13.9. The summed E-state index contributed by atoms with van der Waals surface area (Å²) in [6.45, 7) is 7.41. The van der Waals surface area contributed by atoms with Gasteiger partial charge in [0, 0.05) is 12.0 Å². The summed E-state index contributed by atoms with van der Waals surface area (Å²) in [5.41, 5.74) is 1.06. The van der Waals surface area contributed by atoms with Crippen molar-refractivity contribution in [2.45, 2.75) is 45.0 Å². The van der Waals surface area contributed by atoms with Crippen LogP contribution in [-0.4, -0.2) is 14.8 Å². The lowest BCUT2D eigenvalue weighted by molar-refractivity contribution is 0.519. The van der Waals surface area contributed by atoms with E-state index in [2.05, 4.69) is 59.8 Å². The Morgan fingerprint density at radius 2 is 1.84 bits per heavy atom. The topological polar surface area (TPSA) is 30.7 Å². The lowest BCUT2D eigenvalue weighted by Gasteiger charge is -2.25. The molecule has 0 aliphatic carbocycles. The predicted molar refractivity (Wildman–Crippen MR) is 78.4 cm³/mol. The van der Waals surface area contributed by atoms with Gasteiger partial charge in [0.1, 0.15) is 11.6 Å². The minimum atomic E-state index is -0.173. The van der Waals surface area contributed by atoms with Crippen LogP contribution in [0.2, 0.25) is 0 Å². The number of rotatable bonds is 5. The Kier molecular flexibility index (Phi) is 4.25. The van der Waals surface area contributed by atoms with E-state index in [9.17, 15) is 0 Å². The van der Waals surface area contributed by atoms with Crippen LogP contribution in [0.4, 0.5) is 0 Å². The van der Waals surface area contributed by atoms with Crippen molar-refractivity contribution in [3.63, 3.8) is 0 Å². The maximum Gasteiger partial charge on any atom is 0.147 e. The molecule has 0 aliphatic heterocycles. The highest BCUT2D eigenvalue weighted by Crippen LogP contribution is 2.30. The van der Waals surface area contributed by atoms with Gasteiger partial charge in [0.15, 0.2) is 0 Å². The van der Waals surface area contributed by atoms with Crippen LogP contribution in [0.3, 0.4) is 0 Å². The Hall–Kier alpha value is -1.35. The first-order chi connectivity index (χ1) is 9.11. The van der Waals surface area contributed by atoms with Crippen molar-refractivity contribution in [3.8, 4) is 0 Å². The Morgan fingerprint density at radius 1 is 1.16 bits per heavy atom. The number of nitrogens with zero attached hydrogens (tertiary/aromatic N) is 3. The van der Waals surface area contributed by atoms with Crippen LogP contribution in [0.1, 0.15) is 44.4 Å². The van der Waals surface area contributed by atoms with Crippen LogP contribution in [-0.2, 0) is 17.8 Å². The Labute approximate surface area is 119 Å². The Bertz CT molecular complexity index is 532. The van der Waals surface area contributed by atoms with E-state index < -0.39 is 0 Å².